The minimum atomic E-state index is -1.80. The average Bonchev–Trinajstić information content (AvgIpc) is 3.99. The highest BCUT2D eigenvalue weighted by atomic mass is 16.4. The lowest BCUT2D eigenvalue weighted by Crippen LogP contribution is -2.62. The van der Waals surface area contributed by atoms with Crippen LogP contribution in [-0.4, -0.2) is 176 Å². The summed E-state index contributed by atoms with van der Waals surface area (Å²) in [6.07, 6.45) is -3.60. The number of carboxylic acid groups (broad SMARTS) is 1. The zero-order valence-corrected chi connectivity index (χ0v) is 41.1. The maximum absolute atomic E-state index is 14.4. The Kier molecular flexibility index (Phi) is 24.2. The second kappa shape index (κ2) is 28.4. The van der Waals surface area contributed by atoms with E-state index in [1.807, 2.05) is 0 Å². The molecule has 12 unspecified atom stereocenters. The number of primary amides is 3. The first kappa shape index (κ1) is 60.6. The number of carbonyl (C=O) groups is 12. The van der Waals surface area contributed by atoms with Crippen molar-refractivity contribution in [3.8, 4) is 0 Å². The van der Waals surface area contributed by atoms with Gasteiger partial charge >= 0.3 is 5.97 Å². The van der Waals surface area contributed by atoms with E-state index < -0.39 is 163 Å². The van der Waals surface area contributed by atoms with E-state index in [4.69, 9.17) is 22.9 Å². The van der Waals surface area contributed by atoms with Crippen molar-refractivity contribution in [2.24, 2.45) is 34.8 Å². The van der Waals surface area contributed by atoms with E-state index in [-0.39, 0.29) is 51.1 Å². The number of aliphatic hydroxyl groups is 2. The molecule has 2 aliphatic rings. The molecule has 71 heavy (non-hydrogen) atoms. The zero-order valence-electron chi connectivity index (χ0n) is 41.1. The van der Waals surface area contributed by atoms with Gasteiger partial charge in [-0.3, -0.25) is 52.7 Å². The highest BCUT2D eigenvalue weighted by molar-refractivity contribution is 5.99. The predicted octanol–water partition coefficient (Wildman–Crippen LogP) is -5.45. The third-order valence-corrected chi connectivity index (χ3v) is 12.3. The van der Waals surface area contributed by atoms with Gasteiger partial charge in [0.15, 0.2) is 6.04 Å². The molecule has 11 amide bonds. The smallest absolute Gasteiger partial charge is 0.328 e. The van der Waals surface area contributed by atoms with Crippen LogP contribution >= 0.6 is 0 Å². The maximum atomic E-state index is 14.4. The summed E-state index contributed by atoms with van der Waals surface area (Å²) in [4.78, 5) is 159. The van der Waals surface area contributed by atoms with E-state index in [9.17, 15) is 72.9 Å². The molecule has 2 heterocycles. The second-order valence-corrected chi connectivity index (χ2v) is 18.6. The molecular formula is C44H74N12O15. The van der Waals surface area contributed by atoms with Crippen molar-refractivity contribution in [2.75, 3.05) is 13.1 Å². The Labute approximate surface area is 411 Å². The second-order valence-electron chi connectivity index (χ2n) is 18.6. The lowest BCUT2D eigenvalue weighted by molar-refractivity contribution is -0.149. The molecule has 2 saturated heterocycles. The van der Waals surface area contributed by atoms with Crippen LogP contribution in [0.5, 0.6) is 0 Å². The van der Waals surface area contributed by atoms with Gasteiger partial charge in [0.25, 0.3) is 0 Å². The summed E-state index contributed by atoms with van der Waals surface area (Å²) < 4.78 is 0. The predicted molar refractivity (Wildman–Crippen MR) is 250 cm³/mol. The van der Waals surface area contributed by atoms with E-state index in [2.05, 4.69) is 31.9 Å². The molecule has 0 aromatic carbocycles. The summed E-state index contributed by atoms with van der Waals surface area (Å²) in [6, 6.07) is -12.8. The molecule has 0 aromatic heterocycles. The van der Waals surface area contributed by atoms with Crippen LogP contribution in [0.3, 0.4) is 0 Å². The topological polar surface area (TPSA) is 448 Å². The zero-order chi connectivity index (χ0) is 54.0. The highest BCUT2D eigenvalue weighted by Crippen LogP contribution is 2.27. The fraction of sp³-hybridized carbons (Fsp3) is 0.727. The summed E-state index contributed by atoms with van der Waals surface area (Å²) >= 11 is 0. The first-order chi connectivity index (χ1) is 33.1. The maximum Gasteiger partial charge on any atom is 0.328 e. The van der Waals surface area contributed by atoms with Crippen LogP contribution in [0.15, 0.2) is 0 Å². The van der Waals surface area contributed by atoms with Crippen molar-refractivity contribution in [2.45, 2.75) is 179 Å². The third kappa shape index (κ3) is 18.7. The lowest BCUT2D eigenvalue weighted by Gasteiger charge is -2.35. The SMILES string of the molecule is CCC(C)C(NC(=O)C(CC(N)=O)NC(=O)C(N)CCC(N)=O)C(=O)N1CCCC1C(=O)N1CCCC1C(=O)NC(CC(C)C)C(=O)NC(C(=O)NC(CCC(N)=O)C(=O)NC(C(=O)O)C(C)O)C(C)O. The Morgan fingerprint density at radius 3 is 1.59 bits per heavy atom. The number of rotatable bonds is 29. The molecule has 2 aliphatic heterocycles. The average molecular weight is 1010 g/mol. The van der Waals surface area contributed by atoms with E-state index in [1.165, 1.54) is 9.80 Å². The number of carboxylic acids is 1. The highest BCUT2D eigenvalue weighted by Gasteiger charge is 2.45. The van der Waals surface area contributed by atoms with Gasteiger partial charge in [0.1, 0.15) is 42.3 Å². The molecule has 400 valence electrons. The fourth-order valence-electron chi connectivity index (χ4n) is 8.10. The number of aliphatic hydroxyl groups excluding tert-OH is 2. The number of aliphatic carboxylic acids is 1. The molecule has 2 rings (SSSR count). The third-order valence-electron chi connectivity index (χ3n) is 12.3. The summed E-state index contributed by atoms with van der Waals surface area (Å²) in [7, 11) is 0. The van der Waals surface area contributed by atoms with Crippen LogP contribution in [0.25, 0.3) is 0 Å². The minimum absolute atomic E-state index is 0.00561. The Morgan fingerprint density at radius 2 is 1.07 bits per heavy atom. The number of likely N-dealkylation sites (tertiary alicyclic amines) is 2. The molecule has 0 aliphatic carbocycles. The van der Waals surface area contributed by atoms with Crippen LogP contribution in [0, 0.1) is 11.8 Å². The molecule has 0 bridgehead atoms. The largest absolute Gasteiger partial charge is 0.480 e. The van der Waals surface area contributed by atoms with Gasteiger partial charge in [-0.1, -0.05) is 34.1 Å². The van der Waals surface area contributed by atoms with Gasteiger partial charge in [-0.15, -0.1) is 0 Å². The van der Waals surface area contributed by atoms with Crippen molar-refractivity contribution in [1.29, 1.82) is 0 Å². The van der Waals surface area contributed by atoms with Crippen molar-refractivity contribution in [3.05, 3.63) is 0 Å². The Balaban J connectivity index is 2.31. The Bertz CT molecular complexity index is 1970. The van der Waals surface area contributed by atoms with Crippen molar-refractivity contribution in [3.63, 3.8) is 0 Å². The number of nitrogens with one attached hydrogen (secondary N) is 6. The molecule has 0 saturated carbocycles. The molecule has 17 N–H and O–H groups in total. The minimum Gasteiger partial charge on any atom is -0.480 e. The number of hydrogen-bond acceptors (Lipinski definition) is 15. The molecular weight excluding hydrogens is 937 g/mol. The summed E-state index contributed by atoms with van der Waals surface area (Å²) in [5.74, 6) is -11.9. The Hall–Kier alpha value is -6.48. The molecule has 27 heteroatoms. The van der Waals surface area contributed by atoms with Gasteiger partial charge in [0, 0.05) is 25.9 Å². The molecule has 0 radical (unpaired) electrons. The van der Waals surface area contributed by atoms with Gasteiger partial charge in [-0.05, 0) is 70.6 Å². The summed E-state index contributed by atoms with van der Waals surface area (Å²) in [5.41, 5.74) is 21.6. The van der Waals surface area contributed by atoms with Gasteiger partial charge in [-0.2, -0.15) is 0 Å². The lowest BCUT2D eigenvalue weighted by atomic mass is 9.96. The van der Waals surface area contributed by atoms with Crippen molar-refractivity contribution >= 4 is 70.9 Å². The molecule has 0 spiro atoms. The molecule has 27 nitrogen and oxygen atoms in total. The summed E-state index contributed by atoms with van der Waals surface area (Å²) in [6.45, 7) is 9.40. The Morgan fingerprint density at radius 1 is 0.577 bits per heavy atom. The van der Waals surface area contributed by atoms with E-state index in [0.29, 0.717) is 19.3 Å². The van der Waals surface area contributed by atoms with Crippen LogP contribution in [0.4, 0.5) is 0 Å². The monoisotopic (exact) mass is 1010 g/mol. The van der Waals surface area contributed by atoms with Crippen LogP contribution in [0.2, 0.25) is 0 Å². The van der Waals surface area contributed by atoms with Gasteiger partial charge in [0.05, 0.1) is 24.7 Å². The number of carbonyl (C=O) groups excluding carboxylic acids is 11. The molecule has 2 fully saturated rings. The standard InChI is InChI=1S/C44H74N12O15/c1-7-21(4)33(52-39(65)27(19-32(48)61)50-36(62)24(45)12-14-30(46)59)43(69)56-17-9-11-29(56)42(68)55-16-8-10-28(55)40(66)51-26(18-20(2)3)38(64)53-34(22(5)57)41(67)49-25(13-15-31(47)60)37(63)54-35(23(6)58)44(70)71/h20-29,33-35,57-58H,7-19,45H2,1-6H3,(H2,46,59)(H2,47,60)(H2,48,61)(H,49,67)(H,50,62)(H,51,66)(H,52,65)(H,53,64)(H,54,63)(H,70,71). The van der Waals surface area contributed by atoms with Crippen molar-refractivity contribution < 1.29 is 72.9 Å². The van der Waals surface area contributed by atoms with Gasteiger partial charge in [0.2, 0.25) is 65.0 Å². The normalized spacial score (nSPS) is 19.8. The number of hydrogen-bond donors (Lipinski definition) is 13. The molecule has 0 aromatic rings. The quantitative estimate of drug-likeness (QED) is 0.0333. The number of nitrogens with zero attached hydrogens (tertiary/aromatic N) is 2. The van der Waals surface area contributed by atoms with Gasteiger partial charge in [-0.25, -0.2) is 4.79 Å². The van der Waals surface area contributed by atoms with Crippen molar-refractivity contribution in [1.82, 2.24) is 41.7 Å². The van der Waals surface area contributed by atoms with E-state index >= 15 is 0 Å². The van der Waals surface area contributed by atoms with Crippen LogP contribution in [0.1, 0.15) is 112 Å². The molecule has 12 atom stereocenters. The number of amides is 11. The first-order valence-electron chi connectivity index (χ1n) is 23.7. The fourth-order valence-corrected chi connectivity index (χ4v) is 8.10. The van der Waals surface area contributed by atoms with Crippen LogP contribution < -0.4 is 54.8 Å². The van der Waals surface area contributed by atoms with E-state index in [0.717, 1.165) is 13.8 Å². The van der Waals surface area contributed by atoms with Crippen LogP contribution in [-0.2, 0) is 57.5 Å². The number of nitrogens with two attached hydrogens (primary N) is 4. The van der Waals surface area contributed by atoms with Gasteiger partial charge < -0.3 is 80.0 Å². The van der Waals surface area contributed by atoms with E-state index in [1.54, 1.807) is 27.7 Å². The first-order valence-corrected chi connectivity index (χ1v) is 23.7. The summed E-state index contributed by atoms with van der Waals surface area (Å²) in [5, 5.41) is 44.3.